The highest BCUT2D eigenvalue weighted by atomic mass is 16.3. The van der Waals surface area contributed by atoms with Crippen molar-refractivity contribution in [2.45, 2.75) is 12.8 Å². The molecular weight excluding hydrogens is 478 g/mol. The lowest BCUT2D eigenvalue weighted by molar-refractivity contribution is 0.548. The van der Waals surface area contributed by atoms with Gasteiger partial charge in [-0.3, -0.25) is 0 Å². The molecule has 1 aliphatic carbocycles. The first kappa shape index (κ1) is 20.0. The van der Waals surface area contributed by atoms with Gasteiger partial charge in [0, 0.05) is 49.7 Å². The van der Waals surface area contributed by atoms with E-state index >= 15 is 0 Å². The van der Waals surface area contributed by atoms with Crippen LogP contribution in [0.4, 0.5) is 0 Å². The van der Waals surface area contributed by atoms with E-state index in [4.69, 9.17) is 8.83 Å². The third-order valence-corrected chi connectivity index (χ3v) is 8.76. The molecule has 4 heterocycles. The normalized spacial score (nSPS) is 13.8. The van der Waals surface area contributed by atoms with Crippen LogP contribution in [-0.4, -0.2) is 4.40 Å². The standard InChI is InChI=1S/C36H21NO2/c1-2-8-20(9-3-1)21-18-28-24-14-16-26-22-10-4-6-12-30(22)38-35(26)33(24)37-32(28)29(19-21)25-15-17-27-23-11-5-7-13-31(23)39-36(27)34(25)37/h1-6,8-12,14-19H,7,13H2. The molecule has 3 heteroatoms. The van der Waals surface area contributed by atoms with E-state index < -0.39 is 0 Å². The Hall–Kier alpha value is -5.02. The summed E-state index contributed by atoms with van der Waals surface area (Å²) in [4.78, 5) is 0. The Kier molecular flexibility index (Phi) is 3.53. The van der Waals surface area contributed by atoms with Gasteiger partial charge >= 0.3 is 0 Å². The lowest BCUT2D eigenvalue weighted by Crippen LogP contribution is -1.87. The van der Waals surface area contributed by atoms with E-state index in [9.17, 15) is 0 Å². The summed E-state index contributed by atoms with van der Waals surface area (Å²) in [6, 6.07) is 32.7. The molecule has 0 spiro atoms. The minimum absolute atomic E-state index is 0.915. The number of hydrogen-bond donors (Lipinski definition) is 0. The van der Waals surface area contributed by atoms with Gasteiger partial charge in [-0.25, -0.2) is 0 Å². The first-order chi connectivity index (χ1) is 19.3. The average molecular weight is 500 g/mol. The van der Waals surface area contributed by atoms with Crippen LogP contribution < -0.4 is 0 Å². The van der Waals surface area contributed by atoms with E-state index in [1.807, 2.05) is 6.07 Å². The fourth-order valence-electron chi connectivity index (χ4n) is 7.07. The fraction of sp³-hybridized carbons (Fsp3) is 0.0556. The quantitative estimate of drug-likeness (QED) is 0.225. The van der Waals surface area contributed by atoms with Crippen LogP contribution in [0.1, 0.15) is 17.7 Å². The molecule has 0 saturated carbocycles. The fourth-order valence-corrected chi connectivity index (χ4v) is 7.07. The van der Waals surface area contributed by atoms with Gasteiger partial charge in [0.15, 0.2) is 11.2 Å². The van der Waals surface area contributed by atoms with Crippen molar-refractivity contribution in [3.05, 3.63) is 108 Å². The van der Waals surface area contributed by atoms with Crippen LogP contribution in [0.2, 0.25) is 0 Å². The van der Waals surface area contributed by atoms with E-state index in [1.54, 1.807) is 0 Å². The van der Waals surface area contributed by atoms with Crippen molar-refractivity contribution in [1.29, 1.82) is 0 Å². The largest absolute Gasteiger partial charge is 0.458 e. The van der Waals surface area contributed by atoms with Crippen LogP contribution in [0.25, 0.3) is 88.2 Å². The second kappa shape index (κ2) is 6.89. The second-order valence-electron chi connectivity index (χ2n) is 10.8. The maximum atomic E-state index is 6.70. The van der Waals surface area contributed by atoms with Crippen molar-refractivity contribution in [3.8, 4) is 11.1 Å². The molecular formula is C36H21NO2. The van der Waals surface area contributed by atoms with Gasteiger partial charge in [-0.05, 0) is 47.9 Å². The Morgan fingerprint density at radius 2 is 1.23 bits per heavy atom. The molecule has 39 heavy (non-hydrogen) atoms. The summed E-state index contributed by atoms with van der Waals surface area (Å²) < 4.78 is 15.7. The molecule has 9 aromatic rings. The number of aromatic nitrogens is 1. The molecule has 0 unspecified atom stereocenters. The van der Waals surface area contributed by atoms with Gasteiger partial charge in [-0.1, -0.05) is 72.8 Å². The Labute approximate surface area is 222 Å². The maximum absolute atomic E-state index is 6.70. The van der Waals surface area contributed by atoms with Gasteiger partial charge in [-0.2, -0.15) is 0 Å². The summed E-state index contributed by atoms with van der Waals surface area (Å²) in [5.74, 6) is 1.09. The van der Waals surface area contributed by atoms with E-state index in [-0.39, 0.29) is 0 Å². The molecule has 10 rings (SSSR count). The minimum Gasteiger partial charge on any atom is -0.458 e. The topological polar surface area (TPSA) is 30.7 Å². The number of allylic oxidation sites excluding steroid dienone is 1. The zero-order chi connectivity index (χ0) is 25.2. The van der Waals surface area contributed by atoms with Crippen LogP contribution in [0.15, 0.2) is 106 Å². The Morgan fingerprint density at radius 1 is 0.538 bits per heavy atom. The highest BCUT2D eigenvalue weighted by molar-refractivity contribution is 6.31. The zero-order valence-electron chi connectivity index (χ0n) is 21.0. The first-order valence-corrected chi connectivity index (χ1v) is 13.6. The van der Waals surface area contributed by atoms with Crippen LogP contribution in [0.5, 0.6) is 0 Å². The predicted octanol–water partition coefficient (Wildman–Crippen LogP) is 10.1. The van der Waals surface area contributed by atoms with Crippen LogP contribution in [0.3, 0.4) is 0 Å². The van der Waals surface area contributed by atoms with Gasteiger partial charge in [0.25, 0.3) is 0 Å². The number of rotatable bonds is 1. The molecule has 0 radical (unpaired) electrons. The molecule has 0 aliphatic heterocycles. The van der Waals surface area contributed by atoms with Gasteiger partial charge in [0.2, 0.25) is 0 Å². The number of nitrogens with zero attached hydrogens (tertiary/aromatic N) is 1. The molecule has 0 saturated heterocycles. The van der Waals surface area contributed by atoms with E-state index in [0.29, 0.717) is 0 Å². The summed E-state index contributed by atoms with van der Waals surface area (Å²) in [7, 11) is 0. The van der Waals surface area contributed by atoms with Crippen molar-refractivity contribution in [1.82, 2.24) is 4.40 Å². The SMILES string of the molecule is C1=Cc2c(oc3c2ccc2c4cc(-c5ccccc5)cc5c6ccc7c8ccccc8oc7c6n(c45)c23)CC1. The summed E-state index contributed by atoms with van der Waals surface area (Å²) in [6.45, 7) is 0. The number of para-hydroxylation sites is 1. The molecule has 4 aromatic heterocycles. The first-order valence-electron chi connectivity index (χ1n) is 13.6. The summed E-state index contributed by atoms with van der Waals surface area (Å²) in [5.41, 5.74) is 9.94. The molecule has 0 amide bonds. The van der Waals surface area contributed by atoms with Crippen molar-refractivity contribution in [3.63, 3.8) is 0 Å². The molecule has 0 bridgehead atoms. The van der Waals surface area contributed by atoms with Crippen LogP contribution in [-0.2, 0) is 6.42 Å². The Morgan fingerprint density at radius 3 is 2.05 bits per heavy atom. The molecule has 1 aliphatic rings. The molecule has 0 N–H and O–H groups in total. The molecule has 0 fully saturated rings. The smallest absolute Gasteiger partial charge is 0.160 e. The molecule has 5 aromatic carbocycles. The van der Waals surface area contributed by atoms with Crippen LogP contribution in [0, 0.1) is 0 Å². The lowest BCUT2D eigenvalue weighted by atomic mass is 9.98. The third-order valence-electron chi connectivity index (χ3n) is 8.76. The second-order valence-corrected chi connectivity index (χ2v) is 10.8. The van der Waals surface area contributed by atoms with E-state index in [1.165, 1.54) is 49.1 Å². The highest BCUT2D eigenvalue weighted by Gasteiger charge is 2.26. The highest BCUT2D eigenvalue weighted by Crippen LogP contribution is 2.47. The molecule has 182 valence electrons. The number of benzene rings is 5. The molecule has 0 atom stereocenters. The van der Waals surface area contributed by atoms with Crippen molar-refractivity contribution >= 4 is 77.1 Å². The van der Waals surface area contributed by atoms with Gasteiger partial charge in [0.1, 0.15) is 11.3 Å². The van der Waals surface area contributed by atoms with E-state index in [0.717, 1.165) is 57.2 Å². The van der Waals surface area contributed by atoms with E-state index in [2.05, 4.69) is 101 Å². The summed E-state index contributed by atoms with van der Waals surface area (Å²) in [6.07, 6.45) is 6.45. The minimum atomic E-state index is 0.915. The number of fused-ring (bicyclic) bond motifs is 14. The Bertz CT molecular complexity index is 2480. The zero-order valence-corrected chi connectivity index (χ0v) is 21.0. The van der Waals surface area contributed by atoms with Gasteiger partial charge in [0.05, 0.1) is 16.6 Å². The maximum Gasteiger partial charge on any atom is 0.160 e. The van der Waals surface area contributed by atoms with Crippen molar-refractivity contribution in [2.24, 2.45) is 0 Å². The average Bonchev–Trinajstić information content (AvgIpc) is 3.73. The van der Waals surface area contributed by atoms with Crippen LogP contribution >= 0.6 is 0 Å². The number of aryl methyl sites for hydroxylation is 1. The lowest BCUT2D eigenvalue weighted by Gasteiger charge is -2.04. The predicted molar refractivity (Wildman–Crippen MR) is 161 cm³/mol. The summed E-state index contributed by atoms with van der Waals surface area (Å²) in [5, 5.41) is 8.37. The number of hydrogen-bond acceptors (Lipinski definition) is 2. The summed E-state index contributed by atoms with van der Waals surface area (Å²) >= 11 is 0. The number of furan rings is 2. The Balaban J connectivity index is 1.50. The third kappa shape index (κ3) is 2.39. The molecule has 3 nitrogen and oxygen atoms in total. The van der Waals surface area contributed by atoms with Crippen molar-refractivity contribution < 1.29 is 8.83 Å². The van der Waals surface area contributed by atoms with Gasteiger partial charge < -0.3 is 13.2 Å². The monoisotopic (exact) mass is 499 g/mol. The van der Waals surface area contributed by atoms with Crippen molar-refractivity contribution in [2.75, 3.05) is 0 Å². The van der Waals surface area contributed by atoms with Gasteiger partial charge in [-0.15, -0.1) is 0 Å².